The van der Waals surface area contributed by atoms with Gasteiger partial charge in [-0.05, 0) is 43.9 Å². The number of nitrogens with one attached hydrogen (secondary N) is 2. The molecule has 2 rings (SSSR count). The molecule has 0 unspecified atom stereocenters. The molecule has 96 valence electrons. The number of urea groups is 1. The van der Waals surface area contributed by atoms with Gasteiger partial charge < -0.3 is 5.32 Å². The number of carbonyl (C=O) groups is 2. The van der Waals surface area contributed by atoms with Crippen LogP contribution in [0.3, 0.4) is 0 Å². The van der Waals surface area contributed by atoms with Crippen LogP contribution in [0, 0.1) is 19.8 Å². The summed E-state index contributed by atoms with van der Waals surface area (Å²) >= 11 is 6.06. The van der Waals surface area contributed by atoms with E-state index in [9.17, 15) is 9.59 Å². The summed E-state index contributed by atoms with van der Waals surface area (Å²) < 4.78 is 0. The Hall–Kier alpha value is -1.55. The number of imide groups is 1. The standard InChI is InChI=1S/C13H15ClN2O2/c1-7-5-8(2)11(10(14)6-7)15-13(18)16-12(17)9-3-4-9/h5-6,9H,3-4H2,1-2H3,(H2,15,16,17,18). The highest BCUT2D eigenvalue weighted by molar-refractivity contribution is 6.34. The minimum atomic E-state index is -0.527. The van der Waals surface area contributed by atoms with Crippen LogP contribution in [-0.2, 0) is 4.79 Å². The first-order valence-electron chi connectivity index (χ1n) is 5.86. The van der Waals surface area contributed by atoms with Gasteiger partial charge in [-0.1, -0.05) is 17.7 Å². The first-order chi connectivity index (χ1) is 8.47. The summed E-state index contributed by atoms with van der Waals surface area (Å²) in [5.74, 6) is -0.210. The predicted molar refractivity (Wildman–Crippen MR) is 70.8 cm³/mol. The second kappa shape index (κ2) is 4.98. The van der Waals surface area contributed by atoms with Gasteiger partial charge in [0.1, 0.15) is 0 Å². The van der Waals surface area contributed by atoms with Crippen LogP contribution in [0.4, 0.5) is 10.5 Å². The minimum Gasteiger partial charge on any atom is -0.306 e. The Balaban J connectivity index is 2.04. The monoisotopic (exact) mass is 266 g/mol. The Morgan fingerprint density at radius 3 is 2.50 bits per heavy atom. The van der Waals surface area contributed by atoms with Crippen LogP contribution in [0.15, 0.2) is 12.1 Å². The molecule has 1 fully saturated rings. The number of rotatable bonds is 2. The average Bonchev–Trinajstić information content (AvgIpc) is 3.06. The van der Waals surface area contributed by atoms with Crippen molar-refractivity contribution in [3.05, 3.63) is 28.3 Å². The molecule has 0 bridgehead atoms. The highest BCUT2D eigenvalue weighted by atomic mass is 35.5. The molecule has 0 radical (unpaired) electrons. The molecule has 1 aliphatic carbocycles. The number of amides is 3. The summed E-state index contributed by atoms with van der Waals surface area (Å²) in [6.07, 6.45) is 1.73. The summed E-state index contributed by atoms with van der Waals surface area (Å²) in [6, 6.07) is 3.16. The number of aryl methyl sites for hydroxylation is 2. The van der Waals surface area contributed by atoms with Crippen molar-refractivity contribution in [3.63, 3.8) is 0 Å². The van der Waals surface area contributed by atoms with Crippen molar-refractivity contribution in [2.24, 2.45) is 5.92 Å². The number of anilines is 1. The Labute approximate surface area is 111 Å². The normalized spacial score (nSPS) is 14.2. The van der Waals surface area contributed by atoms with E-state index in [0.717, 1.165) is 24.0 Å². The summed E-state index contributed by atoms with van der Waals surface area (Å²) in [7, 11) is 0. The van der Waals surface area contributed by atoms with Gasteiger partial charge in [-0.2, -0.15) is 0 Å². The van der Waals surface area contributed by atoms with Crippen molar-refractivity contribution < 1.29 is 9.59 Å². The molecule has 1 aromatic carbocycles. The van der Waals surface area contributed by atoms with Crippen LogP contribution in [0.5, 0.6) is 0 Å². The predicted octanol–water partition coefficient (Wildman–Crippen LogP) is 3.01. The van der Waals surface area contributed by atoms with Crippen molar-refractivity contribution in [2.75, 3.05) is 5.32 Å². The molecule has 0 spiro atoms. The lowest BCUT2D eigenvalue weighted by atomic mass is 10.1. The smallest absolute Gasteiger partial charge is 0.306 e. The van der Waals surface area contributed by atoms with E-state index < -0.39 is 6.03 Å². The van der Waals surface area contributed by atoms with Gasteiger partial charge in [0.05, 0.1) is 10.7 Å². The summed E-state index contributed by atoms with van der Waals surface area (Å²) in [6.45, 7) is 3.79. The quantitative estimate of drug-likeness (QED) is 0.864. The third-order valence-electron chi connectivity index (χ3n) is 2.86. The second-order valence-corrected chi connectivity index (χ2v) is 5.06. The Bertz CT molecular complexity index is 487. The van der Waals surface area contributed by atoms with E-state index in [2.05, 4.69) is 10.6 Å². The fraction of sp³-hybridized carbons (Fsp3) is 0.385. The zero-order chi connectivity index (χ0) is 13.3. The zero-order valence-electron chi connectivity index (χ0n) is 10.3. The molecule has 1 aliphatic rings. The Kier molecular flexibility index (Phi) is 3.57. The van der Waals surface area contributed by atoms with Crippen molar-refractivity contribution in [1.29, 1.82) is 0 Å². The molecule has 2 N–H and O–H groups in total. The number of halogens is 1. The number of benzene rings is 1. The summed E-state index contributed by atoms with van der Waals surface area (Å²) in [4.78, 5) is 23.1. The number of hydrogen-bond donors (Lipinski definition) is 2. The maximum absolute atomic E-state index is 11.6. The molecular formula is C13H15ClN2O2. The highest BCUT2D eigenvalue weighted by Crippen LogP contribution is 2.29. The van der Waals surface area contributed by atoms with E-state index >= 15 is 0 Å². The fourth-order valence-corrected chi connectivity index (χ4v) is 2.15. The molecule has 0 saturated heterocycles. The van der Waals surface area contributed by atoms with Crippen molar-refractivity contribution in [3.8, 4) is 0 Å². The van der Waals surface area contributed by atoms with E-state index in [4.69, 9.17) is 11.6 Å². The van der Waals surface area contributed by atoms with Crippen molar-refractivity contribution in [2.45, 2.75) is 26.7 Å². The second-order valence-electron chi connectivity index (χ2n) is 4.66. The van der Waals surface area contributed by atoms with Gasteiger partial charge in [-0.3, -0.25) is 10.1 Å². The van der Waals surface area contributed by atoms with E-state index in [1.807, 2.05) is 19.9 Å². The van der Waals surface area contributed by atoms with Crippen LogP contribution in [0.25, 0.3) is 0 Å². The van der Waals surface area contributed by atoms with E-state index in [0.29, 0.717) is 10.7 Å². The lowest BCUT2D eigenvalue weighted by molar-refractivity contribution is -0.121. The summed E-state index contributed by atoms with van der Waals surface area (Å²) in [5, 5.41) is 5.40. The maximum Gasteiger partial charge on any atom is 0.325 e. The highest BCUT2D eigenvalue weighted by Gasteiger charge is 2.30. The average molecular weight is 267 g/mol. The van der Waals surface area contributed by atoms with Gasteiger partial charge in [0.2, 0.25) is 5.91 Å². The Morgan fingerprint density at radius 1 is 1.28 bits per heavy atom. The molecule has 4 nitrogen and oxygen atoms in total. The van der Waals surface area contributed by atoms with Gasteiger partial charge in [-0.25, -0.2) is 4.79 Å². The molecule has 18 heavy (non-hydrogen) atoms. The third kappa shape index (κ3) is 3.01. The molecule has 3 amide bonds. The minimum absolute atomic E-state index is 0.00494. The topological polar surface area (TPSA) is 58.2 Å². The molecule has 0 aliphatic heterocycles. The lowest BCUT2D eigenvalue weighted by Crippen LogP contribution is -2.35. The van der Waals surface area contributed by atoms with E-state index in [1.165, 1.54) is 0 Å². The van der Waals surface area contributed by atoms with Crippen LogP contribution < -0.4 is 10.6 Å². The van der Waals surface area contributed by atoms with Gasteiger partial charge in [0.15, 0.2) is 0 Å². The number of carbonyl (C=O) groups excluding carboxylic acids is 2. The maximum atomic E-state index is 11.6. The molecular weight excluding hydrogens is 252 g/mol. The van der Waals surface area contributed by atoms with Gasteiger partial charge in [0, 0.05) is 5.92 Å². The SMILES string of the molecule is Cc1cc(C)c(NC(=O)NC(=O)C2CC2)c(Cl)c1. The molecule has 1 saturated carbocycles. The van der Waals surface area contributed by atoms with Crippen LogP contribution in [0.2, 0.25) is 5.02 Å². The first kappa shape index (κ1) is 12.9. The summed E-state index contributed by atoms with van der Waals surface area (Å²) in [5.41, 5.74) is 2.44. The van der Waals surface area contributed by atoms with E-state index in [1.54, 1.807) is 6.07 Å². The van der Waals surface area contributed by atoms with Crippen molar-refractivity contribution >= 4 is 29.2 Å². The van der Waals surface area contributed by atoms with Gasteiger partial charge in [-0.15, -0.1) is 0 Å². The fourth-order valence-electron chi connectivity index (χ4n) is 1.78. The first-order valence-corrected chi connectivity index (χ1v) is 6.24. The van der Waals surface area contributed by atoms with Crippen LogP contribution >= 0.6 is 11.6 Å². The number of hydrogen-bond acceptors (Lipinski definition) is 2. The van der Waals surface area contributed by atoms with Crippen molar-refractivity contribution in [1.82, 2.24) is 5.32 Å². The zero-order valence-corrected chi connectivity index (χ0v) is 11.1. The molecule has 5 heteroatoms. The third-order valence-corrected chi connectivity index (χ3v) is 3.15. The van der Waals surface area contributed by atoms with Crippen LogP contribution in [0.1, 0.15) is 24.0 Å². The van der Waals surface area contributed by atoms with Crippen LogP contribution in [-0.4, -0.2) is 11.9 Å². The molecule has 1 aromatic rings. The van der Waals surface area contributed by atoms with Gasteiger partial charge in [0.25, 0.3) is 0 Å². The van der Waals surface area contributed by atoms with Gasteiger partial charge >= 0.3 is 6.03 Å². The molecule has 0 aromatic heterocycles. The largest absolute Gasteiger partial charge is 0.325 e. The lowest BCUT2D eigenvalue weighted by Gasteiger charge is -2.11. The molecule has 0 heterocycles. The van der Waals surface area contributed by atoms with E-state index in [-0.39, 0.29) is 11.8 Å². The Morgan fingerprint density at radius 2 is 1.94 bits per heavy atom. The molecule has 0 atom stereocenters.